The smallest absolute Gasteiger partial charge is 0.179 e. The Labute approximate surface area is 132 Å². The number of nitrogens with zero attached hydrogens (tertiary/aromatic N) is 3. The molecule has 0 N–H and O–H groups in total. The fourth-order valence-electron chi connectivity index (χ4n) is 2.22. The topological polar surface area (TPSA) is 49.2 Å². The molecule has 0 radical (unpaired) electrons. The van der Waals surface area contributed by atoms with Crippen LogP contribution in [0.4, 0.5) is 0 Å². The van der Waals surface area contributed by atoms with Crippen LogP contribution < -0.4 is 9.47 Å². The number of halogens is 2. The number of aryl methyl sites for hydroxylation is 1. The first-order valence-corrected chi connectivity index (χ1v) is 7.70. The zero-order valence-electron chi connectivity index (χ0n) is 11.4. The summed E-state index contributed by atoms with van der Waals surface area (Å²) < 4.78 is 12.9. The Kier molecular flexibility index (Phi) is 4.51. The van der Waals surface area contributed by atoms with Gasteiger partial charge in [-0.2, -0.15) is 0 Å². The van der Waals surface area contributed by atoms with Crippen LogP contribution in [0, 0.1) is 0 Å². The highest BCUT2D eigenvalue weighted by atomic mass is 35.5. The molecule has 0 saturated heterocycles. The molecule has 2 aromatic rings. The van der Waals surface area contributed by atoms with Crippen LogP contribution in [0.25, 0.3) is 0 Å². The van der Waals surface area contributed by atoms with E-state index in [9.17, 15) is 0 Å². The van der Waals surface area contributed by atoms with Crippen molar-refractivity contribution in [3.8, 4) is 11.5 Å². The van der Waals surface area contributed by atoms with E-state index >= 15 is 0 Å². The second-order valence-corrected chi connectivity index (χ2v) is 5.59. The zero-order chi connectivity index (χ0) is 14.7. The van der Waals surface area contributed by atoms with Crippen LogP contribution in [0.2, 0.25) is 5.02 Å². The number of rotatable bonds is 5. The molecule has 0 bridgehead atoms. The SMILES string of the molecule is ClCCCc1cn(Cc2cc(Cl)c3c(c2)OCCO3)nn1. The van der Waals surface area contributed by atoms with E-state index in [4.69, 9.17) is 32.7 Å². The van der Waals surface area contributed by atoms with Crippen molar-refractivity contribution in [1.82, 2.24) is 15.0 Å². The fraction of sp³-hybridized carbons (Fsp3) is 0.429. The Morgan fingerprint density at radius 3 is 2.95 bits per heavy atom. The number of ether oxygens (including phenoxy) is 2. The molecule has 1 aromatic carbocycles. The second-order valence-electron chi connectivity index (χ2n) is 4.80. The molecule has 112 valence electrons. The molecular weight excluding hydrogens is 313 g/mol. The summed E-state index contributed by atoms with van der Waals surface area (Å²) in [6, 6.07) is 3.80. The van der Waals surface area contributed by atoms with Crippen molar-refractivity contribution in [3.05, 3.63) is 34.6 Å². The third-order valence-corrected chi connectivity index (χ3v) is 3.70. The molecule has 2 heterocycles. The molecule has 3 rings (SSSR count). The number of aromatic nitrogens is 3. The Morgan fingerprint density at radius 2 is 2.10 bits per heavy atom. The van der Waals surface area contributed by atoms with Crippen molar-refractivity contribution in [2.75, 3.05) is 19.1 Å². The molecule has 1 aliphatic rings. The van der Waals surface area contributed by atoms with Gasteiger partial charge in [-0.3, -0.25) is 0 Å². The standard InChI is InChI=1S/C14H15Cl2N3O2/c15-3-1-2-11-9-19(18-17-11)8-10-6-12(16)14-13(7-10)20-4-5-21-14/h6-7,9H,1-5,8H2. The van der Waals surface area contributed by atoms with Crippen LogP contribution in [0.3, 0.4) is 0 Å². The summed E-state index contributed by atoms with van der Waals surface area (Å²) in [6.45, 7) is 1.65. The average Bonchev–Trinajstić information content (AvgIpc) is 2.92. The van der Waals surface area contributed by atoms with Crippen LogP contribution in [-0.4, -0.2) is 34.1 Å². The highest BCUT2D eigenvalue weighted by Gasteiger charge is 2.17. The van der Waals surface area contributed by atoms with Gasteiger partial charge in [0.05, 0.1) is 17.3 Å². The minimum absolute atomic E-state index is 0.527. The third-order valence-electron chi connectivity index (χ3n) is 3.15. The van der Waals surface area contributed by atoms with E-state index in [0.717, 1.165) is 24.1 Å². The summed E-state index contributed by atoms with van der Waals surface area (Å²) in [4.78, 5) is 0. The summed E-state index contributed by atoms with van der Waals surface area (Å²) in [6.07, 6.45) is 3.67. The fourth-order valence-corrected chi connectivity index (χ4v) is 2.64. The predicted molar refractivity (Wildman–Crippen MR) is 80.6 cm³/mol. The minimum atomic E-state index is 0.527. The summed E-state index contributed by atoms with van der Waals surface area (Å²) >= 11 is 11.9. The summed E-state index contributed by atoms with van der Waals surface area (Å²) in [5, 5.41) is 8.80. The van der Waals surface area contributed by atoms with Gasteiger partial charge in [-0.15, -0.1) is 16.7 Å². The molecule has 7 heteroatoms. The number of alkyl halides is 1. The van der Waals surface area contributed by atoms with E-state index < -0.39 is 0 Å². The van der Waals surface area contributed by atoms with Gasteiger partial charge in [-0.1, -0.05) is 16.8 Å². The Bertz CT molecular complexity index is 631. The molecule has 0 unspecified atom stereocenters. The minimum Gasteiger partial charge on any atom is -0.486 e. The van der Waals surface area contributed by atoms with Gasteiger partial charge in [0.15, 0.2) is 11.5 Å². The quantitative estimate of drug-likeness (QED) is 0.792. The van der Waals surface area contributed by atoms with E-state index in [1.54, 1.807) is 4.68 Å². The molecule has 0 fully saturated rings. The van der Waals surface area contributed by atoms with E-state index in [1.165, 1.54) is 0 Å². The van der Waals surface area contributed by atoms with Gasteiger partial charge in [0.2, 0.25) is 0 Å². The van der Waals surface area contributed by atoms with Crippen molar-refractivity contribution in [1.29, 1.82) is 0 Å². The van der Waals surface area contributed by atoms with Crippen LogP contribution in [0.1, 0.15) is 17.7 Å². The number of benzene rings is 1. The van der Waals surface area contributed by atoms with Crippen molar-refractivity contribution in [2.24, 2.45) is 0 Å². The molecule has 0 saturated carbocycles. The maximum absolute atomic E-state index is 6.22. The van der Waals surface area contributed by atoms with Gasteiger partial charge in [-0.25, -0.2) is 4.68 Å². The first-order chi connectivity index (χ1) is 10.3. The maximum atomic E-state index is 6.22. The van der Waals surface area contributed by atoms with Gasteiger partial charge >= 0.3 is 0 Å². The Hall–Kier alpha value is -1.46. The van der Waals surface area contributed by atoms with Gasteiger partial charge in [-0.05, 0) is 30.5 Å². The molecule has 0 spiro atoms. The monoisotopic (exact) mass is 327 g/mol. The zero-order valence-corrected chi connectivity index (χ0v) is 12.9. The lowest BCUT2D eigenvalue weighted by molar-refractivity contribution is 0.171. The van der Waals surface area contributed by atoms with Crippen molar-refractivity contribution >= 4 is 23.2 Å². The van der Waals surface area contributed by atoms with Gasteiger partial charge in [0.1, 0.15) is 13.2 Å². The highest BCUT2D eigenvalue weighted by molar-refractivity contribution is 6.32. The molecule has 0 aliphatic carbocycles. The van der Waals surface area contributed by atoms with Crippen LogP contribution >= 0.6 is 23.2 Å². The van der Waals surface area contributed by atoms with E-state index in [-0.39, 0.29) is 0 Å². The maximum Gasteiger partial charge on any atom is 0.179 e. The van der Waals surface area contributed by atoms with E-state index in [0.29, 0.717) is 42.2 Å². The van der Waals surface area contributed by atoms with Gasteiger partial charge in [0, 0.05) is 12.1 Å². The molecule has 1 aliphatic heterocycles. The highest BCUT2D eigenvalue weighted by Crippen LogP contribution is 2.38. The van der Waals surface area contributed by atoms with Crippen LogP contribution in [0.5, 0.6) is 11.5 Å². The molecule has 5 nitrogen and oxygen atoms in total. The molecular formula is C14H15Cl2N3O2. The van der Waals surface area contributed by atoms with Gasteiger partial charge in [0.25, 0.3) is 0 Å². The Balaban J connectivity index is 1.75. The first-order valence-electron chi connectivity index (χ1n) is 6.79. The molecule has 0 atom stereocenters. The largest absolute Gasteiger partial charge is 0.486 e. The number of hydrogen-bond acceptors (Lipinski definition) is 4. The van der Waals surface area contributed by atoms with E-state index in [1.807, 2.05) is 18.3 Å². The molecule has 1 aromatic heterocycles. The number of fused-ring (bicyclic) bond motifs is 1. The predicted octanol–water partition coefficient (Wildman–Crippen LogP) is 2.92. The lowest BCUT2D eigenvalue weighted by Crippen LogP contribution is -2.16. The second kappa shape index (κ2) is 6.54. The summed E-state index contributed by atoms with van der Waals surface area (Å²) in [5.41, 5.74) is 1.94. The molecule has 21 heavy (non-hydrogen) atoms. The van der Waals surface area contributed by atoms with Gasteiger partial charge < -0.3 is 9.47 Å². The average molecular weight is 328 g/mol. The van der Waals surface area contributed by atoms with Crippen molar-refractivity contribution in [3.63, 3.8) is 0 Å². The third kappa shape index (κ3) is 3.41. The Morgan fingerprint density at radius 1 is 1.24 bits per heavy atom. The van der Waals surface area contributed by atoms with E-state index in [2.05, 4.69) is 10.3 Å². The summed E-state index contributed by atoms with van der Waals surface area (Å²) in [5.74, 6) is 1.93. The first kappa shape index (κ1) is 14.5. The number of hydrogen-bond donors (Lipinski definition) is 0. The lowest BCUT2D eigenvalue weighted by atomic mass is 10.2. The summed E-state index contributed by atoms with van der Waals surface area (Å²) in [7, 11) is 0. The molecule has 0 amide bonds. The van der Waals surface area contributed by atoms with Crippen molar-refractivity contribution < 1.29 is 9.47 Å². The van der Waals surface area contributed by atoms with Crippen LogP contribution in [0.15, 0.2) is 18.3 Å². The van der Waals surface area contributed by atoms with Crippen LogP contribution in [-0.2, 0) is 13.0 Å². The lowest BCUT2D eigenvalue weighted by Gasteiger charge is -2.20. The normalized spacial score (nSPS) is 13.4. The van der Waals surface area contributed by atoms with Crippen molar-refractivity contribution in [2.45, 2.75) is 19.4 Å².